The third-order valence-corrected chi connectivity index (χ3v) is 6.21. The van der Waals surface area contributed by atoms with Crippen LogP contribution in [0.25, 0.3) is 0 Å². The molecule has 0 amide bonds. The Morgan fingerprint density at radius 3 is 2.81 bits per heavy atom. The molecule has 0 N–H and O–H groups in total. The van der Waals surface area contributed by atoms with Crippen molar-refractivity contribution in [3.63, 3.8) is 0 Å². The second-order valence-electron chi connectivity index (χ2n) is 7.34. The summed E-state index contributed by atoms with van der Waals surface area (Å²) in [7, 11) is 1.36. The molecule has 0 saturated heterocycles. The molecule has 32 heavy (non-hydrogen) atoms. The first-order chi connectivity index (χ1) is 15.4. The van der Waals surface area contributed by atoms with Gasteiger partial charge in [-0.25, -0.2) is 4.79 Å². The fraction of sp³-hybridized carbons (Fsp3) is 0.280. The summed E-state index contributed by atoms with van der Waals surface area (Å²) in [5, 5.41) is 0.148. The molecule has 1 aromatic heterocycles. The number of methoxy groups -OCH3 is 1. The molecule has 1 heterocycles. The first-order valence-electron chi connectivity index (χ1n) is 10.4. The van der Waals surface area contributed by atoms with E-state index in [9.17, 15) is 9.59 Å². The first-order valence-corrected chi connectivity index (χ1v) is 11.5. The van der Waals surface area contributed by atoms with Gasteiger partial charge in [0.05, 0.1) is 18.4 Å². The number of pyridine rings is 1. The van der Waals surface area contributed by atoms with Crippen LogP contribution in [0.1, 0.15) is 24.6 Å². The van der Waals surface area contributed by atoms with Gasteiger partial charge in [-0.2, -0.15) is 0 Å². The number of carbonyl (C=O) groups excluding carboxylic acids is 1. The van der Waals surface area contributed by atoms with Gasteiger partial charge < -0.3 is 14.0 Å². The van der Waals surface area contributed by atoms with E-state index in [0.717, 1.165) is 22.3 Å². The molecule has 0 aliphatic heterocycles. The lowest BCUT2D eigenvalue weighted by Crippen LogP contribution is -2.26. The SMILES string of the molecule is CCc1cccc(OCc2c(Br)cc(Cl)c(=O)n2CCC2C=CC=C(C(=O)OC)C=C2)c1. The highest BCUT2D eigenvalue weighted by molar-refractivity contribution is 9.10. The standard InChI is InChI=1S/C25H25BrClNO4/c1-3-17-6-5-9-20(14-17)32-16-23-21(26)15-22(27)24(29)28(23)13-12-18-7-4-8-19(11-10-18)25(30)31-2/h4-11,14-15,18H,3,12-13,16H2,1-2H3. The van der Waals surface area contributed by atoms with E-state index >= 15 is 0 Å². The lowest BCUT2D eigenvalue weighted by Gasteiger charge is -2.17. The number of hydrogen-bond acceptors (Lipinski definition) is 4. The predicted molar refractivity (Wildman–Crippen MR) is 130 cm³/mol. The van der Waals surface area contributed by atoms with Crippen LogP contribution in [-0.4, -0.2) is 17.6 Å². The molecule has 0 radical (unpaired) electrons. The quantitative estimate of drug-likeness (QED) is 0.425. The van der Waals surface area contributed by atoms with Crippen LogP contribution in [0.15, 0.2) is 75.6 Å². The zero-order chi connectivity index (χ0) is 23.1. The van der Waals surface area contributed by atoms with Gasteiger partial charge in [0.2, 0.25) is 0 Å². The maximum Gasteiger partial charge on any atom is 0.337 e. The van der Waals surface area contributed by atoms with E-state index in [1.807, 2.05) is 36.4 Å². The normalized spacial score (nSPS) is 15.2. The maximum atomic E-state index is 12.8. The molecule has 0 saturated carbocycles. The summed E-state index contributed by atoms with van der Waals surface area (Å²) in [6, 6.07) is 9.52. The number of ether oxygens (including phenoxy) is 2. The van der Waals surface area contributed by atoms with E-state index in [1.165, 1.54) is 12.7 Å². The number of benzene rings is 1. The Bertz CT molecular complexity index is 1130. The number of carbonyl (C=O) groups is 1. The molecule has 2 aromatic rings. The third-order valence-electron chi connectivity index (χ3n) is 5.25. The van der Waals surface area contributed by atoms with Crippen LogP contribution in [0, 0.1) is 5.92 Å². The fourth-order valence-electron chi connectivity index (χ4n) is 3.40. The fourth-order valence-corrected chi connectivity index (χ4v) is 4.30. The highest BCUT2D eigenvalue weighted by atomic mass is 79.9. The Hall–Kier alpha value is -2.57. The molecule has 1 atom stereocenters. The minimum absolute atomic E-state index is 0.0491. The molecule has 1 unspecified atom stereocenters. The highest BCUT2D eigenvalue weighted by Gasteiger charge is 2.15. The summed E-state index contributed by atoms with van der Waals surface area (Å²) in [5.41, 5.74) is 2.13. The van der Waals surface area contributed by atoms with Gasteiger partial charge in [0.1, 0.15) is 17.4 Å². The lowest BCUT2D eigenvalue weighted by atomic mass is 10.0. The Kier molecular flexibility index (Phi) is 8.53. The van der Waals surface area contributed by atoms with Crippen LogP contribution >= 0.6 is 27.5 Å². The van der Waals surface area contributed by atoms with Crippen LogP contribution in [0.4, 0.5) is 0 Å². The number of allylic oxidation sites excluding steroid dienone is 4. The van der Waals surface area contributed by atoms with Gasteiger partial charge in [0.15, 0.2) is 0 Å². The summed E-state index contributed by atoms with van der Waals surface area (Å²) in [6.07, 6.45) is 10.8. The number of nitrogens with zero attached hydrogens (tertiary/aromatic N) is 1. The molecule has 5 nitrogen and oxygen atoms in total. The molecule has 0 spiro atoms. The van der Waals surface area contributed by atoms with E-state index in [-0.39, 0.29) is 29.1 Å². The van der Waals surface area contributed by atoms with Crippen molar-refractivity contribution in [3.05, 3.63) is 97.4 Å². The average molecular weight is 519 g/mol. The number of rotatable bonds is 8. The van der Waals surface area contributed by atoms with Gasteiger partial charge in [0.25, 0.3) is 5.56 Å². The van der Waals surface area contributed by atoms with Crippen molar-refractivity contribution in [3.8, 4) is 5.75 Å². The van der Waals surface area contributed by atoms with Crippen molar-refractivity contribution in [1.82, 2.24) is 4.57 Å². The second-order valence-corrected chi connectivity index (χ2v) is 8.61. The minimum Gasteiger partial charge on any atom is -0.487 e. The van der Waals surface area contributed by atoms with Gasteiger partial charge >= 0.3 is 5.97 Å². The van der Waals surface area contributed by atoms with E-state index in [0.29, 0.717) is 18.5 Å². The van der Waals surface area contributed by atoms with Gasteiger partial charge in [0, 0.05) is 11.0 Å². The Morgan fingerprint density at radius 2 is 2.06 bits per heavy atom. The zero-order valence-corrected chi connectivity index (χ0v) is 20.4. The molecule has 1 aliphatic carbocycles. The average Bonchev–Trinajstić information content (AvgIpc) is 3.05. The molecular weight excluding hydrogens is 494 g/mol. The molecule has 0 fully saturated rings. The molecule has 168 valence electrons. The van der Waals surface area contributed by atoms with Crippen LogP contribution in [0.5, 0.6) is 5.75 Å². The van der Waals surface area contributed by atoms with Crippen molar-refractivity contribution in [2.75, 3.05) is 7.11 Å². The first kappa shape index (κ1) is 24.1. The molecular formula is C25H25BrClNO4. The third kappa shape index (κ3) is 6.02. The number of esters is 1. The predicted octanol–water partition coefficient (Wildman–Crippen LogP) is 5.64. The van der Waals surface area contributed by atoms with E-state index in [1.54, 1.807) is 22.8 Å². The largest absolute Gasteiger partial charge is 0.487 e. The van der Waals surface area contributed by atoms with Crippen LogP contribution in [0.2, 0.25) is 5.02 Å². The molecule has 7 heteroatoms. The summed E-state index contributed by atoms with van der Waals surface area (Å²) in [4.78, 5) is 24.6. The Labute approximate surface area is 201 Å². The van der Waals surface area contributed by atoms with Gasteiger partial charge in [-0.1, -0.05) is 55.0 Å². The van der Waals surface area contributed by atoms with Crippen LogP contribution in [-0.2, 0) is 29.1 Å². The smallest absolute Gasteiger partial charge is 0.337 e. The molecule has 3 rings (SSSR count). The van der Waals surface area contributed by atoms with Crippen molar-refractivity contribution in [2.45, 2.75) is 32.9 Å². The van der Waals surface area contributed by atoms with Crippen molar-refractivity contribution >= 4 is 33.5 Å². The maximum absolute atomic E-state index is 12.8. The Balaban J connectivity index is 1.77. The van der Waals surface area contributed by atoms with E-state index < -0.39 is 0 Å². The van der Waals surface area contributed by atoms with Gasteiger partial charge in [-0.15, -0.1) is 0 Å². The molecule has 1 aliphatic rings. The number of halogens is 2. The van der Waals surface area contributed by atoms with Crippen molar-refractivity contribution in [1.29, 1.82) is 0 Å². The number of aromatic nitrogens is 1. The summed E-state index contributed by atoms with van der Waals surface area (Å²) < 4.78 is 13.1. The van der Waals surface area contributed by atoms with Gasteiger partial charge in [-0.3, -0.25) is 4.79 Å². The molecule has 0 bridgehead atoms. The van der Waals surface area contributed by atoms with Crippen LogP contribution in [0.3, 0.4) is 0 Å². The lowest BCUT2D eigenvalue weighted by molar-refractivity contribution is -0.135. The van der Waals surface area contributed by atoms with E-state index in [2.05, 4.69) is 28.9 Å². The van der Waals surface area contributed by atoms with Crippen molar-refractivity contribution < 1.29 is 14.3 Å². The summed E-state index contributed by atoms with van der Waals surface area (Å²) in [5.74, 6) is 0.419. The monoisotopic (exact) mass is 517 g/mol. The van der Waals surface area contributed by atoms with Crippen LogP contribution < -0.4 is 10.3 Å². The Morgan fingerprint density at radius 1 is 1.25 bits per heavy atom. The highest BCUT2D eigenvalue weighted by Crippen LogP contribution is 2.23. The molecule has 1 aromatic carbocycles. The van der Waals surface area contributed by atoms with E-state index in [4.69, 9.17) is 21.1 Å². The summed E-state index contributed by atoms with van der Waals surface area (Å²) in [6.45, 7) is 2.76. The second kappa shape index (κ2) is 11.3. The van der Waals surface area contributed by atoms with Gasteiger partial charge in [-0.05, 0) is 64.5 Å². The summed E-state index contributed by atoms with van der Waals surface area (Å²) >= 11 is 9.71. The topological polar surface area (TPSA) is 57.5 Å². The zero-order valence-electron chi connectivity index (χ0n) is 18.0. The van der Waals surface area contributed by atoms with Crippen molar-refractivity contribution in [2.24, 2.45) is 5.92 Å². The number of aryl methyl sites for hydroxylation is 1. The minimum atomic E-state index is -0.381. The number of hydrogen-bond donors (Lipinski definition) is 0.